The molecule has 0 saturated carbocycles. The molecule has 0 bridgehead atoms. The van der Waals surface area contributed by atoms with E-state index < -0.39 is 6.09 Å². The van der Waals surface area contributed by atoms with Crippen molar-refractivity contribution < 1.29 is 14.3 Å². The number of nitrogen functional groups attached to an aromatic ring is 1. The van der Waals surface area contributed by atoms with Crippen LogP contribution in [0.5, 0.6) is 5.75 Å². The van der Waals surface area contributed by atoms with Crippen LogP contribution in [0.25, 0.3) is 0 Å². The molecule has 0 aliphatic carbocycles. The van der Waals surface area contributed by atoms with Crippen molar-refractivity contribution in [3.8, 4) is 5.75 Å². The van der Waals surface area contributed by atoms with Gasteiger partial charge in [-0.05, 0) is 29.3 Å². The number of carbonyl (C=O) groups excluding carboxylic acids is 1. The molecule has 1 amide bonds. The van der Waals surface area contributed by atoms with Crippen molar-refractivity contribution >= 4 is 17.5 Å². The Hall–Kier alpha value is -3.47. The smallest absolute Gasteiger partial charge is 0.411 e. The predicted molar refractivity (Wildman–Crippen MR) is 102 cm³/mol. The van der Waals surface area contributed by atoms with Crippen LogP contribution in [0.15, 0.2) is 78.9 Å². The lowest BCUT2D eigenvalue weighted by Crippen LogP contribution is -2.13. The van der Waals surface area contributed by atoms with Crippen LogP contribution in [0.2, 0.25) is 0 Å². The van der Waals surface area contributed by atoms with Gasteiger partial charge in [-0.1, -0.05) is 60.7 Å². The zero-order chi connectivity index (χ0) is 18.2. The third-order valence-electron chi connectivity index (χ3n) is 3.71. The van der Waals surface area contributed by atoms with E-state index in [1.165, 1.54) is 0 Å². The van der Waals surface area contributed by atoms with Gasteiger partial charge in [0.1, 0.15) is 19.0 Å². The maximum atomic E-state index is 11.9. The molecule has 3 rings (SSSR count). The SMILES string of the molecule is Nc1cc(NC(=O)OCc2ccccc2)ccc1OCc1ccccc1. The van der Waals surface area contributed by atoms with E-state index in [-0.39, 0.29) is 6.61 Å². The maximum Gasteiger partial charge on any atom is 0.411 e. The molecule has 5 nitrogen and oxygen atoms in total. The molecule has 0 radical (unpaired) electrons. The van der Waals surface area contributed by atoms with E-state index in [0.29, 0.717) is 23.7 Å². The van der Waals surface area contributed by atoms with Crippen LogP contribution in [0.4, 0.5) is 16.2 Å². The van der Waals surface area contributed by atoms with Gasteiger partial charge >= 0.3 is 6.09 Å². The van der Waals surface area contributed by atoms with Gasteiger partial charge in [0.25, 0.3) is 0 Å². The lowest BCUT2D eigenvalue weighted by molar-refractivity contribution is 0.155. The van der Waals surface area contributed by atoms with Gasteiger partial charge in [0.2, 0.25) is 0 Å². The highest BCUT2D eigenvalue weighted by Crippen LogP contribution is 2.26. The average molecular weight is 348 g/mol. The number of hydrogen-bond donors (Lipinski definition) is 2. The highest BCUT2D eigenvalue weighted by Gasteiger charge is 2.07. The van der Waals surface area contributed by atoms with Gasteiger partial charge in [0.05, 0.1) is 5.69 Å². The van der Waals surface area contributed by atoms with Crippen molar-refractivity contribution in [2.45, 2.75) is 13.2 Å². The molecule has 0 aromatic heterocycles. The Balaban J connectivity index is 1.52. The molecule has 0 unspecified atom stereocenters. The van der Waals surface area contributed by atoms with Gasteiger partial charge in [-0.3, -0.25) is 5.32 Å². The zero-order valence-electron chi connectivity index (χ0n) is 14.2. The summed E-state index contributed by atoms with van der Waals surface area (Å²) >= 11 is 0. The number of benzene rings is 3. The number of ether oxygens (including phenoxy) is 2. The van der Waals surface area contributed by atoms with Crippen molar-refractivity contribution in [2.75, 3.05) is 11.1 Å². The molecule has 26 heavy (non-hydrogen) atoms. The maximum absolute atomic E-state index is 11.9. The number of amides is 1. The standard InChI is InChI=1S/C21H20N2O3/c22-19-13-18(23-21(24)26-15-17-9-5-2-6-10-17)11-12-20(19)25-14-16-7-3-1-4-8-16/h1-13H,14-15,22H2,(H,23,24). The predicted octanol–water partition coefficient (Wildman–Crippen LogP) is 4.60. The fourth-order valence-corrected chi connectivity index (χ4v) is 2.37. The number of hydrogen-bond acceptors (Lipinski definition) is 4. The Kier molecular flexibility index (Phi) is 5.72. The number of nitrogens with one attached hydrogen (secondary N) is 1. The monoisotopic (exact) mass is 348 g/mol. The second-order valence-electron chi connectivity index (χ2n) is 5.71. The summed E-state index contributed by atoms with van der Waals surface area (Å²) in [7, 11) is 0. The van der Waals surface area contributed by atoms with Gasteiger partial charge in [-0.2, -0.15) is 0 Å². The van der Waals surface area contributed by atoms with Gasteiger partial charge < -0.3 is 15.2 Å². The average Bonchev–Trinajstić information content (AvgIpc) is 2.67. The van der Waals surface area contributed by atoms with Crippen LogP contribution in [0, 0.1) is 0 Å². The molecule has 0 aliphatic heterocycles. The zero-order valence-corrected chi connectivity index (χ0v) is 14.2. The van der Waals surface area contributed by atoms with E-state index in [0.717, 1.165) is 11.1 Å². The van der Waals surface area contributed by atoms with Crippen LogP contribution in [0.1, 0.15) is 11.1 Å². The molecule has 0 saturated heterocycles. The number of nitrogens with two attached hydrogens (primary N) is 1. The van der Waals surface area contributed by atoms with E-state index in [9.17, 15) is 4.79 Å². The van der Waals surface area contributed by atoms with Crippen LogP contribution in [-0.4, -0.2) is 6.09 Å². The minimum atomic E-state index is -0.536. The van der Waals surface area contributed by atoms with E-state index in [4.69, 9.17) is 15.2 Å². The van der Waals surface area contributed by atoms with Crippen LogP contribution >= 0.6 is 0 Å². The van der Waals surface area contributed by atoms with Crippen molar-refractivity contribution in [2.24, 2.45) is 0 Å². The van der Waals surface area contributed by atoms with Crippen LogP contribution < -0.4 is 15.8 Å². The first-order chi connectivity index (χ1) is 12.7. The Morgan fingerprint density at radius 3 is 2.08 bits per heavy atom. The summed E-state index contributed by atoms with van der Waals surface area (Å²) in [5.41, 5.74) is 8.98. The highest BCUT2D eigenvalue weighted by molar-refractivity contribution is 5.85. The van der Waals surface area contributed by atoms with E-state index in [1.807, 2.05) is 60.7 Å². The Morgan fingerprint density at radius 1 is 0.846 bits per heavy atom. The molecule has 0 aliphatic rings. The lowest BCUT2D eigenvalue weighted by atomic mass is 10.2. The van der Waals surface area contributed by atoms with Crippen LogP contribution in [-0.2, 0) is 18.0 Å². The summed E-state index contributed by atoms with van der Waals surface area (Å²) in [5.74, 6) is 0.567. The second kappa shape index (κ2) is 8.58. The summed E-state index contributed by atoms with van der Waals surface area (Å²) in [5, 5.41) is 2.66. The molecule has 3 aromatic rings. The van der Waals surface area contributed by atoms with Crippen molar-refractivity contribution in [1.29, 1.82) is 0 Å². The fourth-order valence-electron chi connectivity index (χ4n) is 2.37. The minimum Gasteiger partial charge on any atom is -0.487 e. The minimum absolute atomic E-state index is 0.209. The van der Waals surface area contributed by atoms with Gasteiger partial charge in [-0.15, -0.1) is 0 Å². The molecule has 5 heteroatoms. The molecule has 3 aromatic carbocycles. The summed E-state index contributed by atoms with van der Waals surface area (Å²) in [6.07, 6.45) is -0.536. The van der Waals surface area contributed by atoms with E-state index in [1.54, 1.807) is 18.2 Å². The third kappa shape index (κ3) is 5.01. The third-order valence-corrected chi connectivity index (χ3v) is 3.71. The van der Waals surface area contributed by atoms with E-state index in [2.05, 4.69) is 5.32 Å². The summed E-state index contributed by atoms with van der Waals surface area (Å²) in [6, 6.07) is 24.4. The molecule has 0 spiro atoms. The van der Waals surface area contributed by atoms with Gasteiger partial charge in [-0.25, -0.2) is 4.79 Å². The summed E-state index contributed by atoms with van der Waals surface area (Å²) < 4.78 is 10.9. The van der Waals surface area contributed by atoms with Gasteiger partial charge in [0.15, 0.2) is 0 Å². The Labute approximate surface area is 152 Å². The molecule has 132 valence electrons. The number of rotatable bonds is 6. The summed E-state index contributed by atoms with van der Waals surface area (Å²) in [4.78, 5) is 11.9. The fraction of sp³-hybridized carbons (Fsp3) is 0.0952. The molecule has 3 N–H and O–H groups in total. The summed E-state index contributed by atoms with van der Waals surface area (Å²) in [6.45, 7) is 0.636. The van der Waals surface area contributed by atoms with Crippen LogP contribution in [0.3, 0.4) is 0 Å². The Bertz CT molecular complexity index is 852. The normalized spacial score (nSPS) is 10.2. The lowest BCUT2D eigenvalue weighted by Gasteiger charge is -2.11. The molecule has 0 heterocycles. The van der Waals surface area contributed by atoms with Crippen molar-refractivity contribution in [1.82, 2.24) is 0 Å². The molecule has 0 fully saturated rings. The molecular weight excluding hydrogens is 328 g/mol. The topological polar surface area (TPSA) is 73.6 Å². The first kappa shape index (κ1) is 17.4. The van der Waals surface area contributed by atoms with E-state index >= 15 is 0 Å². The molecule has 0 atom stereocenters. The number of anilines is 2. The Morgan fingerprint density at radius 2 is 1.46 bits per heavy atom. The first-order valence-electron chi connectivity index (χ1n) is 8.24. The largest absolute Gasteiger partial charge is 0.487 e. The highest BCUT2D eigenvalue weighted by atomic mass is 16.5. The van der Waals surface area contributed by atoms with Crippen molar-refractivity contribution in [3.63, 3.8) is 0 Å². The first-order valence-corrected chi connectivity index (χ1v) is 8.24. The van der Waals surface area contributed by atoms with Gasteiger partial charge in [0, 0.05) is 5.69 Å². The quantitative estimate of drug-likeness (QED) is 0.639. The second-order valence-corrected chi connectivity index (χ2v) is 5.71. The number of carbonyl (C=O) groups is 1. The van der Waals surface area contributed by atoms with Crippen molar-refractivity contribution in [3.05, 3.63) is 90.0 Å². The molecular formula is C21H20N2O3.